The lowest BCUT2D eigenvalue weighted by Crippen LogP contribution is -2.39. The van der Waals surface area contributed by atoms with Crippen molar-refractivity contribution in [2.24, 2.45) is 11.3 Å². The number of piperidine rings is 1. The van der Waals surface area contributed by atoms with E-state index >= 15 is 0 Å². The molecule has 0 bridgehead atoms. The van der Waals surface area contributed by atoms with Crippen molar-refractivity contribution in [3.05, 3.63) is 76.9 Å². The Labute approximate surface area is 290 Å². The summed E-state index contributed by atoms with van der Waals surface area (Å²) in [7, 11) is 0. The van der Waals surface area contributed by atoms with Gasteiger partial charge in [0.1, 0.15) is 11.6 Å². The van der Waals surface area contributed by atoms with Gasteiger partial charge in [0.25, 0.3) is 0 Å². The van der Waals surface area contributed by atoms with E-state index in [4.69, 9.17) is 23.9 Å². The van der Waals surface area contributed by atoms with E-state index in [2.05, 4.69) is 18.7 Å². The number of aromatic nitrogens is 1. The Morgan fingerprint density at radius 2 is 1.71 bits per heavy atom. The minimum atomic E-state index is -1.21. The van der Waals surface area contributed by atoms with Crippen LogP contribution in [-0.4, -0.2) is 61.2 Å². The number of nitrogens with zero attached hydrogens (tertiary/aromatic N) is 2. The highest BCUT2D eigenvalue weighted by Gasteiger charge is 2.37. The van der Waals surface area contributed by atoms with E-state index in [0.29, 0.717) is 49.2 Å². The fraction of sp³-hybridized carbons (Fsp3) is 0.550. The summed E-state index contributed by atoms with van der Waals surface area (Å²) in [5, 5.41) is 10.6. The van der Waals surface area contributed by atoms with Crippen molar-refractivity contribution in [1.29, 1.82) is 0 Å². The molecule has 2 aliphatic heterocycles. The normalized spacial score (nSPS) is 17.6. The number of pyridine rings is 1. The zero-order valence-electron chi connectivity index (χ0n) is 30.0. The van der Waals surface area contributed by atoms with Crippen LogP contribution in [0.15, 0.2) is 48.5 Å². The van der Waals surface area contributed by atoms with Crippen molar-refractivity contribution in [1.82, 2.24) is 4.98 Å². The van der Waals surface area contributed by atoms with Gasteiger partial charge in [0.15, 0.2) is 6.10 Å². The maximum Gasteiger partial charge on any atom is 0.337 e. The second-order valence-electron chi connectivity index (χ2n) is 15.2. The first-order chi connectivity index (χ1) is 23.3. The van der Waals surface area contributed by atoms with Gasteiger partial charge in [-0.3, -0.25) is 4.98 Å². The fourth-order valence-electron chi connectivity index (χ4n) is 6.62. The number of hydrogen-bond donors (Lipinski definition) is 1. The Kier molecular flexibility index (Phi) is 12.0. The molecule has 0 unspecified atom stereocenters. The summed E-state index contributed by atoms with van der Waals surface area (Å²) in [6, 6.07) is 14.4. The zero-order chi connectivity index (χ0) is 35.2. The molecule has 1 atom stereocenters. The van der Waals surface area contributed by atoms with Crippen LogP contribution in [0.3, 0.4) is 0 Å². The predicted octanol–water partition coefficient (Wildman–Crippen LogP) is 8.33. The summed E-state index contributed by atoms with van der Waals surface area (Å²) in [6.45, 7) is 16.5. The lowest BCUT2D eigenvalue weighted by atomic mass is 9.81. The van der Waals surface area contributed by atoms with Gasteiger partial charge in [0.05, 0.1) is 36.8 Å². The maximum atomic E-state index is 13.3. The molecule has 1 aromatic heterocycles. The second kappa shape index (κ2) is 16.0. The first-order valence-corrected chi connectivity index (χ1v) is 17.6. The lowest BCUT2D eigenvalue weighted by Gasteiger charge is -2.41. The van der Waals surface area contributed by atoms with Gasteiger partial charge in [0, 0.05) is 49.5 Å². The molecule has 266 valence electrons. The number of carboxylic acid groups (broad SMARTS) is 1. The predicted molar refractivity (Wildman–Crippen MR) is 190 cm³/mol. The third-order valence-corrected chi connectivity index (χ3v) is 9.51. The molecule has 2 fully saturated rings. The molecule has 2 aliphatic rings. The topological polar surface area (TPSA) is 90.4 Å². The number of aliphatic carboxylic acids is 1. The fourth-order valence-corrected chi connectivity index (χ4v) is 6.62. The number of benzene rings is 2. The maximum absolute atomic E-state index is 13.3. The van der Waals surface area contributed by atoms with Gasteiger partial charge in [-0.15, -0.1) is 0 Å². The Morgan fingerprint density at radius 1 is 1.06 bits per heavy atom. The SMILES string of the molecule is Cc1nc(COCC2CCOCC2)c(-c2ccc(OCCc3ccc(F)cc3)cc2)c(N2CCC(C)(C)CC2)c1[C@H](OC(C)(C)C)C(=O)O. The Balaban J connectivity index is 1.54. The molecule has 8 nitrogen and oxygen atoms in total. The van der Waals surface area contributed by atoms with Crippen molar-refractivity contribution < 1.29 is 33.2 Å². The minimum Gasteiger partial charge on any atom is -0.493 e. The van der Waals surface area contributed by atoms with Gasteiger partial charge in [-0.2, -0.15) is 0 Å². The van der Waals surface area contributed by atoms with Gasteiger partial charge in [0.2, 0.25) is 0 Å². The number of rotatable bonds is 13. The molecule has 49 heavy (non-hydrogen) atoms. The Morgan fingerprint density at radius 3 is 2.33 bits per heavy atom. The Bertz CT molecular complexity index is 1530. The molecule has 0 radical (unpaired) electrons. The van der Waals surface area contributed by atoms with Crippen LogP contribution in [0.4, 0.5) is 10.1 Å². The summed E-state index contributed by atoms with van der Waals surface area (Å²) in [5.41, 5.74) is 5.12. The second-order valence-corrected chi connectivity index (χ2v) is 15.2. The summed E-state index contributed by atoms with van der Waals surface area (Å²) in [5.74, 6) is -0.152. The van der Waals surface area contributed by atoms with Crippen LogP contribution in [0, 0.1) is 24.1 Å². The number of aryl methyl sites for hydroxylation is 1. The van der Waals surface area contributed by atoms with E-state index in [1.165, 1.54) is 12.1 Å². The highest BCUT2D eigenvalue weighted by molar-refractivity contribution is 5.88. The lowest BCUT2D eigenvalue weighted by molar-refractivity contribution is -0.160. The van der Waals surface area contributed by atoms with Crippen molar-refractivity contribution in [2.75, 3.05) is 44.4 Å². The first kappa shape index (κ1) is 36.7. The largest absolute Gasteiger partial charge is 0.493 e. The summed E-state index contributed by atoms with van der Waals surface area (Å²) in [6.07, 6.45) is 3.34. The van der Waals surface area contributed by atoms with E-state index < -0.39 is 17.7 Å². The van der Waals surface area contributed by atoms with Crippen LogP contribution in [0.2, 0.25) is 0 Å². The highest BCUT2D eigenvalue weighted by atomic mass is 19.1. The molecule has 1 N–H and O–H groups in total. The first-order valence-electron chi connectivity index (χ1n) is 17.6. The quantitative estimate of drug-likeness (QED) is 0.193. The van der Waals surface area contributed by atoms with E-state index in [1.807, 2.05) is 52.0 Å². The standard InChI is InChI=1S/C40H53FN2O6/c1-27-34(37(38(44)45)49-39(2,3)4)36(43-20-18-40(5,6)19-21-43)35(33(42-27)26-47-25-29-15-22-46-23-16-29)30-9-13-32(14-10-30)48-24-17-28-7-11-31(41)12-8-28/h7-14,29,37H,15-26H2,1-6H3,(H,44,45)/t37-/m0/s1. The third-order valence-electron chi connectivity index (χ3n) is 9.51. The van der Waals surface area contributed by atoms with Crippen molar-refractivity contribution in [2.45, 2.75) is 92.0 Å². The van der Waals surface area contributed by atoms with E-state index in [0.717, 1.165) is 80.1 Å². The summed E-state index contributed by atoms with van der Waals surface area (Å²) < 4.78 is 37.6. The highest BCUT2D eigenvalue weighted by Crippen LogP contribution is 2.45. The smallest absolute Gasteiger partial charge is 0.337 e. The van der Waals surface area contributed by atoms with Gasteiger partial charge >= 0.3 is 5.97 Å². The molecule has 3 heterocycles. The monoisotopic (exact) mass is 676 g/mol. The number of anilines is 1. The molecule has 5 rings (SSSR count). The number of halogens is 1. The van der Waals surface area contributed by atoms with Crippen LogP contribution in [0.25, 0.3) is 11.1 Å². The van der Waals surface area contributed by atoms with Crippen LogP contribution < -0.4 is 9.64 Å². The molecule has 0 saturated carbocycles. The molecular formula is C40H53FN2O6. The number of hydrogen-bond acceptors (Lipinski definition) is 7. The third kappa shape index (κ3) is 10.0. The van der Waals surface area contributed by atoms with Gasteiger partial charge in [-0.05, 0) is 100 Å². The van der Waals surface area contributed by atoms with Gasteiger partial charge in [-0.25, -0.2) is 9.18 Å². The molecule has 2 saturated heterocycles. The van der Waals surface area contributed by atoms with Crippen LogP contribution in [0.1, 0.15) is 88.9 Å². The van der Waals surface area contributed by atoms with Crippen molar-refractivity contribution >= 4 is 11.7 Å². The van der Waals surface area contributed by atoms with E-state index in [1.54, 1.807) is 12.1 Å². The molecule has 0 aliphatic carbocycles. The van der Waals surface area contributed by atoms with Crippen LogP contribution >= 0.6 is 0 Å². The van der Waals surface area contributed by atoms with E-state index in [-0.39, 0.29) is 11.2 Å². The molecule has 3 aromatic rings. The number of ether oxygens (including phenoxy) is 4. The molecule has 2 aromatic carbocycles. The molecule has 0 spiro atoms. The average Bonchev–Trinajstić information content (AvgIpc) is 3.05. The Hall–Kier alpha value is -3.53. The minimum absolute atomic E-state index is 0.190. The van der Waals surface area contributed by atoms with Crippen molar-refractivity contribution in [3.63, 3.8) is 0 Å². The number of carbonyl (C=O) groups is 1. The number of carboxylic acids is 1. The average molecular weight is 677 g/mol. The summed E-state index contributed by atoms with van der Waals surface area (Å²) >= 11 is 0. The van der Waals surface area contributed by atoms with Crippen molar-refractivity contribution in [3.8, 4) is 16.9 Å². The van der Waals surface area contributed by atoms with Crippen LogP contribution in [0.5, 0.6) is 5.75 Å². The van der Waals surface area contributed by atoms with Gasteiger partial charge < -0.3 is 29.0 Å². The van der Waals surface area contributed by atoms with Gasteiger partial charge in [-0.1, -0.05) is 38.1 Å². The molecule has 0 amide bonds. The van der Waals surface area contributed by atoms with Crippen LogP contribution in [-0.2, 0) is 32.0 Å². The molecule has 9 heteroatoms. The zero-order valence-corrected chi connectivity index (χ0v) is 30.0. The summed E-state index contributed by atoms with van der Waals surface area (Å²) in [4.78, 5) is 20.4. The molecular weight excluding hydrogens is 623 g/mol. The van der Waals surface area contributed by atoms with E-state index in [9.17, 15) is 14.3 Å².